The van der Waals surface area contributed by atoms with E-state index in [-0.39, 0.29) is 0 Å². The monoisotopic (exact) mass is 555 g/mol. The molecule has 0 aliphatic carbocycles. The van der Waals surface area contributed by atoms with Crippen molar-refractivity contribution < 1.29 is 0 Å². The number of hydrogen-bond acceptors (Lipinski definition) is 3. The third-order valence-electron chi connectivity index (χ3n) is 8.50. The summed E-state index contributed by atoms with van der Waals surface area (Å²) in [7, 11) is 0. The molecule has 5 aromatic carbocycles. The summed E-state index contributed by atoms with van der Waals surface area (Å²) in [5.74, 6) is 0.916. The van der Waals surface area contributed by atoms with Gasteiger partial charge in [0.2, 0.25) is 5.78 Å². The van der Waals surface area contributed by atoms with Gasteiger partial charge in [-0.05, 0) is 60.7 Å². The minimum absolute atomic E-state index is 0.916. The van der Waals surface area contributed by atoms with Gasteiger partial charge in [-0.2, -0.15) is 0 Å². The van der Waals surface area contributed by atoms with Gasteiger partial charge in [0.1, 0.15) is 4.83 Å². The number of fused-ring (bicyclic) bond motifs is 11. The molecule has 5 nitrogen and oxygen atoms in total. The Labute approximate surface area is 243 Å². The van der Waals surface area contributed by atoms with Crippen molar-refractivity contribution in [1.82, 2.24) is 23.5 Å². The lowest BCUT2D eigenvalue weighted by Gasteiger charge is -2.09. The van der Waals surface area contributed by atoms with Crippen LogP contribution in [0.1, 0.15) is 0 Å². The lowest BCUT2D eigenvalue weighted by Crippen LogP contribution is -1.97. The van der Waals surface area contributed by atoms with E-state index in [2.05, 4.69) is 129 Å². The van der Waals surface area contributed by atoms with Crippen LogP contribution in [-0.4, -0.2) is 23.5 Å². The Morgan fingerprint density at radius 1 is 0.500 bits per heavy atom. The zero-order valence-electron chi connectivity index (χ0n) is 22.3. The van der Waals surface area contributed by atoms with E-state index in [1.807, 2.05) is 12.3 Å². The van der Waals surface area contributed by atoms with Gasteiger partial charge in [-0.25, -0.2) is 9.97 Å². The van der Waals surface area contributed by atoms with Crippen molar-refractivity contribution >= 4 is 81.3 Å². The van der Waals surface area contributed by atoms with Gasteiger partial charge in [0, 0.05) is 31.9 Å². The minimum Gasteiger partial charge on any atom is -0.308 e. The molecule has 6 heteroatoms. The van der Waals surface area contributed by atoms with Crippen molar-refractivity contribution in [2.75, 3.05) is 0 Å². The Morgan fingerprint density at radius 2 is 1.19 bits per heavy atom. The van der Waals surface area contributed by atoms with Crippen molar-refractivity contribution in [3.63, 3.8) is 0 Å². The predicted molar refractivity (Wildman–Crippen MR) is 175 cm³/mol. The van der Waals surface area contributed by atoms with Gasteiger partial charge in [0.05, 0.1) is 45.0 Å². The first kappa shape index (κ1) is 22.3. The van der Waals surface area contributed by atoms with Crippen molar-refractivity contribution in [2.24, 2.45) is 0 Å². The molecule has 5 aromatic heterocycles. The molecule has 0 radical (unpaired) electrons. The third kappa shape index (κ3) is 2.86. The minimum atomic E-state index is 0.916. The van der Waals surface area contributed by atoms with Crippen LogP contribution in [0.5, 0.6) is 0 Å². The van der Waals surface area contributed by atoms with E-state index in [1.165, 1.54) is 31.8 Å². The number of pyridine rings is 1. The zero-order chi connectivity index (χ0) is 27.4. The molecule has 42 heavy (non-hydrogen) atoms. The zero-order valence-corrected chi connectivity index (χ0v) is 23.1. The first-order chi connectivity index (χ1) is 20.8. The summed E-state index contributed by atoms with van der Waals surface area (Å²) in [6.07, 6.45) is 2.01. The van der Waals surface area contributed by atoms with Crippen molar-refractivity contribution in [3.05, 3.63) is 128 Å². The number of thiophene rings is 1. The van der Waals surface area contributed by atoms with E-state index in [4.69, 9.17) is 9.97 Å². The fourth-order valence-corrected chi connectivity index (χ4v) is 7.73. The van der Waals surface area contributed by atoms with Crippen LogP contribution in [0.25, 0.3) is 81.3 Å². The van der Waals surface area contributed by atoms with Gasteiger partial charge < -0.3 is 4.57 Å². The number of nitrogens with zero attached hydrogens (tertiary/aromatic N) is 5. The predicted octanol–water partition coefficient (Wildman–Crippen LogP) is 9.29. The van der Waals surface area contributed by atoms with Gasteiger partial charge in [0.15, 0.2) is 0 Å². The van der Waals surface area contributed by atoms with Crippen molar-refractivity contribution in [3.8, 4) is 11.4 Å². The number of hydrogen-bond donors (Lipinski definition) is 0. The quantitative estimate of drug-likeness (QED) is 0.213. The van der Waals surface area contributed by atoms with E-state index in [0.29, 0.717) is 0 Å². The van der Waals surface area contributed by atoms with E-state index in [0.717, 1.165) is 49.6 Å². The Kier molecular flexibility index (Phi) is 4.27. The van der Waals surface area contributed by atoms with Crippen LogP contribution in [0.3, 0.4) is 0 Å². The molecule has 0 saturated heterocycles. The summed E-state index contributed by atoms with van der Waals surface area (Å²) in [4.78, 5) is 11.1. The SMILES string of the molecule is c1ccc2c(c1)nc1n(-c3ccc4c(c3)c3ccccc3n4-c3cnc4sc5ccccc5c4c3)c3ccccc3n21. The number of benzene rings is 5. The average molecular weight is 556 g/mol. The summed E-state index contributed by atoms with van der Waals surface area (Å²) in [6, 6.07) is 43.2. The molecule has 0 amide bonds. The molecule has 0 aliphatic rings. The molecule has 0 fully saturated rings. The highest BCUT2D eigenvalue weighted by molar-refractivity contribution is 7.25. The van der Waals surface area contributed by atoms with Gasteiger partial charge in [-0.1, -0.05) is 60.7 Å². The third-order valence-corrected chi connectivity index (χ3v) is 9.59. The van der Waals surface area contributed by atoms with Gasteiger partial charge in [-0.15, -0.1) is 11.3 Å². The summed E-state index contributed by atoms with van der Waals surface area (Å²) in [5.41, 5.74) is 8.86. The van der Waals surface area contributed by atoms with Crippen LogP contribution in [0.2, 0.25) is 0 Å². The molecule has 0 bridgehead atoms. The molecular weight excluding hydrogens is 534 g/mol. The summed E-state index contributed by atoms with van der Waals surface area (Å²) < 4.78 is 8.16. The molecule has 5 heterocycles. The fourth-order valence-electron chi connectivity index (χ4n) is 6.70. The van der Waals surface area contributed by atoms with Crippen LogP contribution in [0.4, 0.5) is 0 Å². The summed E-state index contributed by atoms with van der Waals surface area (Å²) in [5, 5.41) is 4.87. The van der Waals surface area contributed by atoms with Crippen LogP contribution < -0.4 is 0 Å². The molecule has 10 rings (SSSR count). The van der Waals surface area contributed by atoms with Crippen molar-refractivity contribution in [2.45, 2.75) is 0 Å². The van der Waals surface area contributed by atoms with Crippen molar-refractivity contribution in [1.29, 1.82) is 0 Å². The standard InChI is InChI=1S/C36H21N5S/c1-4-12-29-24(9-1)26-19-22(40-32-14-6-7-15-33(32)41-31-13-5-3-11-28(31)38-36(40)41)17-18-30(26)39(29)23-20-27-25-10-2-8-16-34(25)42-35(27)37-21-23/h1-21H. The maximum Gasteiger partial charge on any atom is 0.220 e. The molecule has 10 aromatic rings. The van der Waals surface area contributed by atoms with E-state index in [1.54, 1.807) is 11.3 Å². The maximum atomic E-state index is 5.09. The molecule has 0 atom stereocenters. The Bertz CT molecular complexity index is 2700. The number of imidazole rings is 2. The molecule has 0 saturated carbocycles. The van der Waals surface area contributed by atoms with E-state index < -0.39 is 0 Å². The average Bonchev–Trinajstić information content (AvgIpc) is 3.77. The van der Waals surface area contributed by atoms with Crippen LogP contribution in [0, 0.1) is 0 Å². The van der Waals surface area contributed by atoms with Gasteiger partial charge >= 0.3 is 0 Å². The van der Waals surface area contributed by atoms with E-state index >= 15 is 0 Å². The summed E-state index contributed by atoms with van der Waals surface area (Å²) >= 11 is 1.75. The highest BCUT2D eigenvalue weighted by Gasteiger charge is 2.19. The number of rotatable bonds is 2. The first-order valence-electron chi connectivity index (χ1n) is 14.0. The molecule has 0 N–H and O–H groups in total. The van der Waals surface area contributed by atoms with Gasteiger partial charge in [0.25, 0.3) is 0 Å². The fraction of sp³-hybridized carbons (Fsp3) is 0. The second kappa shape index (κ2) is 8.06. The molecular formula is C36H21N5S. The molecule has 0 spiro atoms. The Morgan fingerprint density at radius 3 is 2.10 bits per heavy atom. The summed E-state index contributed by atoms with van der Waals surface area (Å²) in [6.45, 7) is 0. The molecule has 0 aliphatic heterocycles. The maximum absolute atomic E-state index is 5.09. The topological polar surface area (TPSA) is 40.0 Å². The van der Waals surface area contributed by atoms with Crippen LogP contribution >= 0.6 is 11.3 Å². The highest BCUT2D eigenvalue weighted by atomic mass is 32.1. The van der Waals surface area contributed by atoms with Crippen LogP contribution in [0.15, 0.2) is 128 Å². The number of aromatic nitrogens is 5. The smallest absolute Gasteiger partial charge is 0.220 e. The van der Waals surface area contributed by atoms with Crippen LogP contribution in [-0.2, 0) is 0 Å². The van der Waals surface area contributed by atoms with Gasteiger partial charge in [-0.3, -0.25) is 8.97 Å². The number of para-hydroxylation sites is 5. The largest absolute Gasteiger partial charge is 0.308 e. The Hall–Kier alpha value is -5.46. The lowest BCUT2D eigenvalue weighted by atomic mass is 10.1. The second-order valence-corrected chi connectivity index (χ2v) is 11.8. The normalized spacial score (nSPS) is 12.3. The van der Waals surface area contributed by atoms with E-state index in [9.17, 15) is 0 Å². The molecule has 0 unspecified atom stereocenters. The second-order valence-electron chi connectivity index (χ2n) is 10.8. The molecule has 196 valence electrons. The Balaban J connectivity index is 1.27. The first-order valence-corrected chi connectivity index (χ1v) is 14.8. The lowest BCUT2D eigenvalue weighted by molar-refractivity contribution is 1.11. The highest BCUT2D eigenvalue weighted by Crippen LogP contribution is 2.38.